The lowest BCUT2D eigenvalue weighted by Crippen LogP contribution is -2.34. The van der Waals surface area contributed by atoms with Gasteiger partial charge in [-0.25, -0.2) is 9.78 Å². The molecule has 1 aliphatic heterocycles. The fraction of sp³-hybridized carbons (Fsp3) is 0.400. The van der Waals surface area contributed by atoms with Crippen LogP contribution in [0.2, 0.25) is 0 Å². The van der Waals surface area contributed by atoms with E-state index in [9.17, 15) is 4.79 Å². The van der Waals surface area contributed by atoms with Crippen molar-refractivity contribution >= 4 is 11.7 Å². The van der Waals surface area contributed by atoms with E-state index in [-0.39, 0.29) is 12.1 Å². The molecule has 1 atom stereocenters. The number of amides is 2. The van der Waals surface area contributed by atoms with Crippen LogP contribution in [-0.2, 0) is 0 Å². The van der Waals surface area contributed by atoms with Crippen LogP contribution in [0.1, 0.15) is 30.3 Å². The molecule has 0 saturated carbocycles. The Labute approximate surface area is 128 Å². The number of aryl methyl sites for hydroxylation is 1. The zero-order chi connectivity index (χ0) is 15.5. The van der Waals surface area contributed by atoms with Crippen LogP contribution < -0.4 is 10.1 Å². The van der Waals surface area contributed by atoms with E-state index in [4.69, 9.17) is 9.26 Å². The number of anilines is 1. The van der Waals surface area contributed by atoms with Crippen LogP contribution in [0.3, 0.4) is 0 Å². The highest BCUT2D eigenvalue weighted by Gasteiger charge is 2.32. The van der Waals surface area contributed by atoms with Crippen molar-refractivity contribution < 1.29 is 14.1 Å². The molecule has 1 fully saturated rings. The van der Waals surface area contributed by atoms with Crippen LogP contribution in [0.25, 0.3) is 0 Å². The van der Waals surface area contributed by atoms with Crippen molar-refractivity contribution in [1.29, 1.82) is 0 Å². The normalized spacial score (nSPS) is 17.5. The summed E-state index contributed by atoms with van der Waals surface area (Å²) in [7, 11) is 1.55. The molecular weight excluding hydrogens is 284 g/mol. The number of hydrogen-bond acceptors (Lipinski definition) is 5. The third kappa shape index (κ3) is 2.88. The maximum atomic E-state index is 12.5. The minimum Gasteiger partial charge on any atom is -0.481 e. The summed E-state index contributed by atoms with van der Waals surface area (Å²) >= 11 is 0. The molecule has 7 nitrogen and oxygen atoms in total. The smallest absolute Gasteiger partial charge is 0.322 e. The molecule has 2 aromatic rings. The Balaban J connectivity index is 1.70. The molecule has 1 N–H and O–H groups in total. The van der Waals surface area contributed by atoms with Gasteiger partial charge in [-0.3, -0.25) is 0 Å². The van der Waals surface area contributed by atoms with Crippen LogP contribution in [0.4, 0.5) is 10.5 Å². The van der Waals surface area contributed by atoms with E-state index in [1.54, 1.807) is 30.3 Å². The molecule has 116 valence electrons. The SMILES string of the molecule is COc1ccc(NC(=O)N2CCC[C@H]2c2cc(C)no2)cn1. The average Bonchev–Trinajstić information content (AvgIpc) is 3.16. The van der Waals surface area contributed by atoms with E-state index >= 15 is 0 Å². The number of urea groups is 1. The summed E-state index contributed by atoms with van der Waals surface area (Å²) in [5, 5.41) is 6.75. The van der Waals surface area contributed by atoms with E-state index in [1.807, 2.05) is 13.0 Å². The first-order valence-corrected chi connectivity index (χ1v) is 7.18. The van der Waals surface area contributed by atoms with Crippen molar-refractivity contribution in [3.8, 4) is 5.88 Å². The van der Waals surface area contributed by atoms with Crippen LogP contribution in [0.5, 0.6) is 5.88 Å². The molecule has 0 aliphatic carbocycles. The topological polar surface area (TPSA) is 80.5 Å². The lowest BCUT2D eigenvalue weighted by molar-refractivity contribution is 0.195. The van der Waals surface area contributed by atoms with E-state index in [1.165, 1.54) is 0 Å². The predicted molar refractivity (Wildman–Crippen MR) is 79.7 cm³/mol. The average molecular weight is 302 g/mol. The molecule has 0 unspecified atom stereocenters. The maximum absolute atomic E-state index is 12.5. The van der Waals surface area contributed by atoms with E-state index in [2.05, 4.69) is 15.5 Å². The summed E-state index contributed by atoms with van der Waals surface area (Å²) in [6.07, 6.45) is 3.39. The fourth-order valence-corrected chi connectivity index (χ4v) is 2.62. The van der Waals surface area contributed by atoms with Gasteiger partial charge >= 0.3 is 6.03 Å². The summed E-state index contributed by atoms with van der Waals surface area (Å²) < 4.78 is 10.3. The van der Waals surface area contributed by atoms with E-state index in [0.29, 0.717) is 18.1 Å². The number of nitrogens with one attached hydrogen (secondary N) is 1. The molecule has 2 amide bonds. The monoisotopic (exact) mass is 302 g/mol. The molecule has 0 spiro atoms. The number of hydrogen-bond donors (Lipinski definition) is 1. The van der Waals surface area contributed by atoms with Crippen LogP contribution >= 0.6 is 0 Å². The molecule has 1 saturated heterocycles. The van der Waals surface area contributed by atoms with Crippen LogP contribution in [-0.4, -0.2) is 34.7 Å². The van der Waals surface area contributed by atoms with Gasteiger partial charge in [-0.05, 0) is 25.8 Å². The van der Waals surface area contributed by atoms with Gasteiger partial charge in [0.05, 0.1) is 30.7 Å². The van der Waals surface area contributed by atoms with Crippen molar-refractivity contribution in [2.45, 2.75) is 25.8 Å². The molecule has 22 heavy (non-hydrogen) atoms. The molecule has 2 aromatic heterocycles. The van der Waals surface area contributed by atoms with Crippen LogP contribution in [0.15, 0.2) is 28.9 Å². The zero-order valence-electron chi connectivity index (χ0n) is 12.6. The number of aromatic nitrogens is 2. The first-order chi connectivity index (χ1) is 10.7. The molecule has 3 rings (SSSR count). The highest BCUT2D eigenvalue weighted by molar-refractivity contribution is 5.89. The molecular formula is C15H18N4O3. The molecule has 3 heterocycles. The van der Waals surface area contributed by atoms with Gasteiger partial charge in [0, 0.05) is 18.7 Å². The molecule has 1 aliphatic rings. The number of methoxy groups -OCH3 is 1. The number of pyridine rings is 1. The third-order valence-electron chi connectivity index (χ3n) is 3.69. The standard InChI is InChI=1S/C15H18N4O3/c1-10-8-13(22-18-10)12-4-3-7-19(12)15(20)17-11-5-6-14(21-2)16-9-11/h5-6,8-9,12H,3-4,7H2,1-2H3,(H,17,20)/t12-/m0/s1. The van der Waals surface area contributed by atoms with Gasteiger partial charge in [0.25, 0.3) is 0 Å². The van der Waals surface area contributed by atoms with Gasteiger partial charge in [-0.15, -0.1) is 0 Å². The molecule has 7 heteroatoms. The predicted octanol–water partition coefficient (Wildman–Crippen LogP) is 2.76. The fourth-order valence-electron chi connectivity index (χ4n) is 2.62. The number of likely N-dealkylation sites (tertiary alicyclic amines) is 1. The van der Waals surface area contributed by atoms with Crippen molar-refractivity contribution in [2.75, 3.05) is 19.0 Å². The summed E-state index contributed by atoms with van der Waals surface area (Å²) in [6.45, 7) is 2.56. The number of rotatable bonds is 3. The number of nitrogens with zero attached hydrogens (tertiary/aromatic N) is 3. The minimum atomic E-state index is -0.163. The highest BCUT2D eigenvalue weighted by Crippen LogP contribution is 2.32. The van der Waals surface area contributed by atoms with Crippen molar-refractivity contribution in [3.05, 3.63) is 35.9 Å². The second kappa shape index (κ2) is 6.05. The minimum absolute atomic E-state index is 0.0626. The quantitative estimate of drug-likeness (QED) is 0.943. The van der Waals surface area contributed by atoms with Gasteiger partial charge in [-0.2, -0.15) is 0 Å². The first kappa shape index (κ1) is 14.4. The Morgan fingerprint density at radius 2 is 2.36 bits per heavy atom. The second-order valence-corrected chi connectivity index (χ2v) is 5.24. The molecule has 0 aromatic carbocycles. The Morgan fingerprint density at radius 3 is 3.00 bits per heavy atom. The summed E-state index contributed by atoms with van der Waals surface area (Å²) in [6, 6.07) is 5.12. The highest BCUT2D eigenvalue weighted by atomic mass is 16.5. The Kier molecular flexibility index (Phi) is 3.95. The summed E-state index contributed by atoms with van der Waals surface area (Å²) in [5.74, 6) is 1.24. The van der Waals surface area contributed by atoms with Gasteiger partial charge in [0.2, 0.25) is 5.88 Å². The maximum Gasteiger partial charge on any atom is 0.322 e. The van der Waals surface area contributed by atoms with Crippen LogP contribution in [0, 0.1) is 6.92 Å². The summed E-state index contributed by atoms with van der Waals surface area (Å²) in [4.78, 5) is 18.3. The number of ether oxygens (including phenoxy) is 1. The number of carbonyl (C=O) groups excluding carboxylic acids is 1. The lowest BCUT2D eigenvalue weighted by Gasteiger charge is -2.22. The Hall–Kier alpha value is -2.57. The summed E-state index contributed by atoms with van der Waals surface area (Å²) in [5.41, 5.74) is 1.45. The van der Waals surface area contributed by atoms with Gasteiger partial charge in [0.1, 0.15) is 0 Å². The lowest BCUT2D eigenvalue weighted by atomic mass is 10.1. The van der Waals surface area contributed by atoms with Gasteiger partial charge in [-0.1, -0.05) is 5.16 Å². The van der Waals surface area contributed by atoms with Crippen molar-refractivity contribution in [1.82, 2.24) is 15.0 Å². The number of carbonyl (C=O) groups is 1. The third-order valence-corrected chi connectivity index (χ3v) is 3.69. The van der Waals surface area contributed by atoms with E-state index < -0.39 is 0 Å². The second-order valence-electron chi connectivity index (χ2n) is 5.24. The zero-order valence-corrected chi connectivity index (χ0v) is 12.6. The van der Waals surface area contributed by atoms with Gasteiger partial charge in [0.15, 0.2) is 5.76 Å². The molecule has 0 bridgehead atoms. The largest absolute Gasteiger partial charge is 0.481 e. The molecule has 0 radical (unpaired) electrons. The Bertz CT molecular complexity index is 653. The van der Waals surface area contributed by atoms with E-state index in [0.717, 1.165) is 24.3 Å². The first-order valence-electron chi connectivity index (χ1n) is 7.18. The van der Waals surface area contributed by atoms with Gasteiger partial charge < -0.3 is 19.5 Å². The van der Waals surface area contributed by atoms with Crippen molar-refractivity contribution in [2.24, 2.45) is 0 Å². The van der Waals surface area contributed by atoms with Crippen molar-refractivity contribution in [3.63, 3.8) is 0 Å². The Morgan fingerprint density at radius 1 is 1.50 bits per heavy atom.